The molecule has 112 valence electrons. The molecule has 3 N–H and O–H groups in total. The average molecular weight is 279 g/mol. The Morgan fingerprint density at radius 2 is 2.00 bits per heavy atom. The number of aliphatic hydroxyl groups is 1. The molecule has 0 aliphatic carbocycles. The summed E-state index contributed by atoms with van der Waals surface area (Å²) in [4.78, 5) is 13.6. The molecule has 0 bridgehead atoms. The summed E-state index contributed by atoms with van der Waals surface area (Å²) < 4.78 is 0. The summed E-state index contributed by atoms with van der Waals surface area (Å²) in [5.41, 5.74) is 1.12. The highest BCUT2D eigenvalue weighted by molar-refractivity contribution is 5.73. The van der Waals surface area contributed by atoms with Crippen molar-refractivity contribution in [3.05, 3.63) is 30.3 Å². The van der Waals surface area contributed by atoms with Gasteiger partial charge in [-0.15, -0.1) is 0 Å². The van der Waals surface area contributed by atoms with Crippen LogP contribution in [-0.4, -0.2) is 43.9 Å². The number of carbonyl (C=O) groups is 1. The van der Waals surface area contributed by atoms with E-state index in [4.69, 9.17) is 0 Å². The number of para-hydroxylation sites is 1. The average Bonchev–Trinajstić information content (AvgIpc) is 2.46. The lowest BCUT2D eigenvalue weighted by molar-refractivity contribution is 0.160. The van der Waals surface area contributed by atoms with Gasteiger partial charge in [-0.1, -0.05) is 31.5 Å². The Morgan fingerprint density at radius 1 is 1.30 bits per heavy atom. The van der Waals surface area contributed by atoms with E-state index in [0.29, 0.717) is 19.5 Å². The van der Waals surface area contributed by atoms with E-state index in [-0.39, 0.29) is 6.03 Å². The number of amides is 2. The first-order valence-corrected chi connectivity index (χ1v) is 7.09. The SMILES string of the molecule is CCCC(O)CNC(=O)NCCN(C)c1ccccc1. The van der Waals surface area contributed by atoms with Gasteiger partial charge < -0.3 is 20.6 Å². The lowest BCUT2D eigenvalue weighted by Gasteiger charge is -2.19. The molecule has 1 atom stereocenters. The maximum atomic E-state index is 11.5. The van der Waals surface area contributed by atoms with Crippen LogP contribution in [0.15, 0.2) is 30.3 Å². The molecule has 1 aromatic rings. The van der Waals surface area contributed by atoms with Crippen molar-refractivity contribution < 1.29 is 9.90 Å². The van der Waals surface area contributed by atoms with E-state index in [1.807, 2.05) is 44.3 Å². The number of benzene rings is 1. The van der Waals surface area contributed by atoms with Crippen molar-refractivity contribution in [3.8, 4) is 0 Å². The van der Waals surface area contributed by atoms with Crippen molar-refractivity contribution in [1.29, 1.82) is 0 Å². The molecular weight excluding hydrogens is 254 g/mol. The minimum absolute atomic E-state index is 0.235. The molecule has 1 unspecified atom stereocenters. The van der Waals surface area contributed by atoms with Crippen LogP contribution in [-0.2, 0) is 0 Å². The monoisotopic (exact) mass is 279 g/mol. The number of nitrogens with zero attached hydrogens (tertiary/aromatic N) is 1. The minimum Gasteiger partial charge on any atom is -0.391 e. The zero-order chi connectivity index (χ0) is 14.8. The van der Waals surface area contributed by atoms with E-state index in [9.17, 15) is 9.90 Å². The van der Waals surface area contributed by atoms with Crippen molar-refractivity contribution in [2.75, 3.05) is 31.6 Å². The Bertz CT molecular complexity index is 384. The number of aliphatic hydroxyl groups excluding tert-OH is 1. The number of carbonyl (C=O) groups excluding carboxylic acids is 1. The quantitative estimate of drug-likeness (QED) is 0.677. The number of anilines is 1. The zero-order valence-electron chi connectivity index (χ0n) is 12.3. The molecule has 1 rings (SSSR count). The maximum Gasteiger partial charge on any atom is 0.314 e. The Balaban J connectivity index is 2.16. The predicted octanol–water partition coefficient (Wildman–Crippen LogP) is 1.58. The number of nitrogens with one attached hydrogen (secondary N) is 2. The summed E-state index contributed by atoms with van der Waals surface area (Å²) in [7, 11) is 1.99. The number of urea groups is 1. The van der Waals surface area contributed by atoms with Gasteiger partial charge in [-0.05, 0) is 18.6 Å². The van der Waals surface area contributed by atoms with Crippen LogP contribution in [0.4, 0.5) is 10.5 Å². The summed E-state index contributed by atoms with van der Waals surface area (Å²) in [5.74, 6) is 0. The van der Waals surface area contributed by atoms with Gasteiger partial charge in [-0.25, -0.2) is 4.79 Å². The third-order valence-corrected chi connectivity index (χ3v) is 3.05. The zero-order valence-corrected chi connectivity index (χ0v) is 12.3. The molecule has 20 heavy (non-hydrogen) atoms. The number of hydrogen-bond donors (Lipinski definition) is 3. The lowest BCUT2D eigenvalue weighted by Crippen LogP contribution is -2.42. The Kier molecular flexibility index (Phi) is 7.50. The van der Waals surface area contributed by atoms with E-state index < -0.39 is 6.10 Å². The van der Waals surface area contributed by atoms with Gasteiger partial charge in [0.05, 0.1) is 6.10 Å². The number of hydrogen-bond acceptors (Lipinski definition) is 3. The minimum atomic E-state index is -0.460. The van der Waals surface area contributed by atoms with Crippen molar-refractivity contribution in [2.45, 2.75) is 25.9 Å². The van der Waals surface area contributed by atoms with E-state index in [2.05, 4.69) is 15.5 Å². The summed E-state index contributed by atoms with van der Waals surface area (Å²) in [6, 6.07) is 9.77. The second-order valence-electron chi connectivity index (χ2n) is 4.84. The van der Waals surface area contributed by atoms with Gasteiger partial charge in [0.1, 0.15) is 0 Å². The molecule has 1 aromatic carbocycles. The summed E-state index contributed by atoms with van der Waals surface area (Å²) in [6.07, 6.45) is 1.15. The summed E-state index contributed by atoms with van der Waals surface area (Å²) in [5, 5.41) is 14.9. The highest BCUT2D eigenvalue weighted by Crippen LogP contribution is 2.09. The highest BCUT2D eigenvalue weighted by Gasteiger charge is 2.06. The molecule has 0 saturated carbocycles. The third-order valence-electron chi connectivity index (χ3n) is 3.05. The van der Waals surface area contributed by atoms with Crippen molar-refractivity contribution in [1.82, 2.24) is 10.6 Å². The van der Waals surface area contributed by atoms with Crippen LogP contribution in [0.5, 0.6) is 0 Å². The first-order chi connectivity index (χ1) is 9.63. The highest BCUT2D eigenvalue weighted by atomic mass is 16.3. The normalized spacial score (nSPS) is 11.8. The summed E-state index contributed by atoms with van der Waals surface area (Å²) >= 11 is 0. The molecular formula is C15H25N3O2. The van der Waals surface area contributed by atoms with Crippen LogP contribution >= 0.6 is 0 Å². The molecule has 5 nitrogen and oxygen atoms in total. The fourth-order valence-electron chi connectivity index (χ4n) is 1.86. The fourth-order valence-corrected chi connectivity index (χ4v) is 1.86. The summed E-state index contributed by atoms with van der Waals surface area (Å²) in [6.45, 7) is 3.59. The van der Waals surface area contributed by atoms with E-state index >= 15 is 0 Å². The van der Waals surface area contributed by atoms with Gasteiger partial charge in [-0.3, -0.25) is 0 Å². The Morgan fingerprint density at radius 3 is 2.65 bits per heavy atom. The van der Waals surface area contributed by atoms with Gasteiger partial charge in [0.2, 0.25) is 0 Å². The maximum absolute atomic E-state index is 11.5. The first kappa shape index (κ1) is 16.3. The van der Waals surface area contributed by atoms with E-state index in [0.717, 1.165) is 18.7 Å². The van der Waals surface area contributed by atoms with Crippen LogP contribution < -0.4 is 15.5 Å². The van der Waals surface area contributed by atoms with E-state index in [1.165, 1.54) is 0 Å². The topological polar surface area (TPSA) is 64.6 Å². The smallest absolute Gasteiger partial charge is 0.314 e. The lowest BCUT2D eigenvalue weighted by atomic mass is 10.2. The van der Waals surface area contributed by atoms with Crippen LogP contribution in [0.1, 0.15) is 19.8 Å². The van der Waals surface area contributed by atoms with Crippen LogP contribution in [0.2, 0.25) is 0 Å². The molecule has 0 saturated heterocycles. The van der Waals surface area contributed by atoms with Gasteiger partial charge in [-0.2, -0.15) is 0 Å². The standard InChI is InChI=1S/C15H25N3O2/c1-3-7-14(19)12-17-15(20)16-10-11-18(2)13-8-5-4-6-9-13/h4-6,8-9,14,19H,3,7,10-12H2,1-2H3,(H2,16,17,20). The fraction of sp³-hybridized carbons (Fsp3) is 0.533. The van der Waals surface area contributed by atoms with Gasteiger partial charge in [0.15, 0.2) is 0 Å². The molecule has 0 aromatic heterocycles. The van der Waals surface area contributed by atoms with Crippen molar-refractivity contribution in [2.24, 2.45) is 0 Å². The van der Waals surface area contributed by atoms with Gasteiger partial charge in [0.25, 0.3) is 0 Å². The second-order valence-corrected chi connectivity index (χ2v) is 4.84. The molecule has 5 heteroatoms. The van der Waals surface area contributed by atoms with Crippen LogP contribution in [0, 0.1) is 0 Å². The molecule has 0 radical (unpaired) electrons. The van der Waals surface area contributed by atoms with Crippen molar-refractivity contribution >= 4 is 11.7 Å². The van der Waals surface area contributed by atoms with Gasteiger partial charge >= 0.3 is 6.03 Å². The van der Waals surface area contributed by atoms with E-state index in [1.54, 1.807) is 0 Å². The number of likely N-dealkylation sites (N-methyl/N-ethyl adjacent to an activating group) is 1. The predicted molar refractivity (Wildman–Crippen MR) is 82.0 cm³/mol. The molecule has 0 aliphatic heterocycles. The van der Waals surface area contributed by atoms with Crippen LogP contribution in [0.3, 0.4) is 0 Å². The molecule has 2 amide bonds. The van der Waals surface area contributed by atoms with Crippen LogP contribution in [0.25, 0.3) is 0 Å². The molecule has 0 spiro atoms. The largest absolute Gasteiger partial charge is 0.391 e. The van der Waals surface area contributed by atoms with Gasteiger partial charge in [0, 0.05) is 32.4 Å². The Labute approximate surface area is 121 Å². The van der Waals surface area contributed by atoms with Crippen molar-refractivity contribution in [3.63, 3.8) is 0 Å². The number of rotatable bonds is 8. The molecule has 0 fully saturated rings. The third kappa shape index (κ3) is 6.43. The molecule has 0 aliphatic rings. The molecule has 0 heterocycles. The second kappa shape index (κ2) is 9.20. The Hall–Kier alpha value is -1.75. The first-order valence-electron chi connectivity index (χ1n) is 7.09.